The summed E-state index contributed by atoms with van der Waals surface area (Å²) in [5, 5.41) is 3.69. The van der Waals surface area contributed by atoms with E-state index >= 15 is 0 Å². The topological polar surface area (TPSA) is 39.7 Å². The monoisotopic (exact) mass is 291 g/mol. The smallest absolute Gasteiger partial charge is 0.203 e. The Balaban J connectivity index is 1.74. The molecule has 1 heterocycles. The second-order valence-corrected chi connectivity index (χ2v) is 6.64. The van der Waals surface area contributed by atoms with Crippen molar-refractivity contribution in [1.82, 2.24) is 5.32 Å². The Hall–Kier alpha value is -1.42. The molecule has 0 amide bonds. The molecule has 1 atom stereocenters. The van der Waals surface area contributed by atoms with Crippen LogP contribution < -0.4 is 19.5 Å². The van der Waals surface area contributed by atoms with E-state index in [1.807, 2.05) is 6.07 Å². The first-order valence-electron chi connectivity index (χ1n) is 7.80. The molecule has 0 radical (unpaired) electrons. The molecular weight excluding hydrogens is 266 g/mol. The Bertz CT molecular complexity index is 496. The number of methoxy groups -OCH3 is 1. The van der Waals surface area contributed by atoms with Gasteiger partial charge in [-0.05, 0) is 36.0 Å². The molecule has 1 N–H and O–H groups in total. The molecule has 1 saturated carbocycles. The van der Waals surface area contributed by atoms with Crippen LogP contribution in [-0.2, 0) is 6.54 Å². The highest BCUT2D eigenvalue weighted by Gasteiger charge is 2.33. The lowest BCUT2D eigenvalue weighted by Gasteiger charge is -2.28. The molecule has 4 heteroatoms. The van der Waals surface area contributed by atoms with Gasteiger partial charge < -0.3 is 19.5 Å². The van der Waals surface area contributed by atoms with Crippen LogP contribution in [0.1, 0.15) is 38.7 Å². The Morgan fingerprint density at radius 2 is 2.10 bits per heavy atom. The fraction of sp³-hybridized carbons (Fsp3) is 0.647. The lowest BCUT2D eigenvalue weighted by molar-refractivity contribution is 0.165. The van der Waals surface area contributed by atoms with E-state index in [0.717, 1.165) is 23.8 Å². The predicted octanol–water partition coefficient (Wildman–Crippen LogP) is 3.13. The van der Waals surface area contributed by atoms with Crippen LogP contribution in [-0.4, -0.2) is 26.4 Å². The average Bonchev–Trinajstić information content (AvgIpc) is 2.83. The van der Waals surface area contributed by atoms with E-state index in [9.17, 15) is 0 Å². The lowest BCUT2D eigenvalue weighted by atomic mass is 9.87. The van der Waals surface area contributed by atoms with Crippen molar-refractivity contribution in [1.29, 1.82) is 0 Å². The Kier molecular flexibility index (Phi) is 3.98. The van der Waals surface area contributed by atoms with Gasteiger partial charge in [-0.15, -0.1) is 0 Å². The minimum atomic E-state index is 0.387. The van der Waals surface area contributed by atoms with Gasteiger partial charge in [-0.1, -0.05) is 20.3 Å². The summed E-state index contributed by atoms with van der Waals surface area (Å²) in [6, 6.07) is 4.69. The van der Waals surface area contributed by atoms with Gasteiger partial charge in [0.05, 0.1) is 7.11 Å². The van der Waals surface area contributed by atoms with Crippen molar-refractivity contribution in [3.8, 4) is 17.2 Å². The molecule has 0 bridgehead atoms. The zero-order chi connectivity index (χ0) is 14.9. The fourth-order valence-electron chi connectivity index (χ4n) is 3.38. The molecule has 4 nitrogen and oxygen atoms in total. The maximum absolute atomic E-state index is 5.69. The van der Waals surface area contributed by atoms with Crippen LogP contribution in [0, 0.1) is 5.41 Å². The minimum Gasteiger partial charge on any atom is -0.493 e. The van der Waals surface area contributed by atoms with Gasteiger partial charge in [0.1, 0.15) is 13.2 Å². The van der Waals surface area contributed by atoms with E-state index in [4.69, 9.17) is 14.2 Å². The molecule has 1 aliphatic heterocycles. The highest BCUT2D eigenvalue weighted by molar-refractivity contribution is 5.54. The number of ether oxygens (including phenoxy) is 3. The minimum absolute atomic E-state index is 0.387. The number of benzene rings is 1. The first-order chi connectivity index (χ1) is 10.1. The number of fused-ring (bicyclic) bond motifs is 1. The second-order valence-electron chi connectivity index (χ2n) is 6.64. The van der Waals surface area contributed by atoms with E-state index in [1.54, 1.807) is 7.11 Å². The van der Waals surface area contributed by atoms with Crippen LogP contribution in [0.25, 0.3) is 0 Å². The van der Waals surface area contributed by atoms with Crippen LogP contribution in [0.4, 0.5) is 0 Å². The van der Waals surface area contributed by atoms with Crippen LogP contribution in [0.2, 0.25) is 0 Å². The van der Waals surface area contributed by atoms with E-state index in [1.165, 1.54) is 24.8 Å². The molecule has 0 aromatic heterocycles. The van der Waals surface area contributed by atoms with Gasteiger partial charge in [0.15, 0.2) is 11.5 Å². The van der Waals surface area contributed by atoms with Crippen molar-refractivity contribution in [2.75, 3.05) is 20.3 Å². The SMILES string of the molecule is COc1cc(CNC2CCCC2(C)C)cc2c1OCCO2. The van der Waals surface area contributed by atoms with E-state index in [2.05, 4.69) is 25.2 Å². The molecule has 21 heavy (non-hydrogen) atoms. The molecule has 1 aliphatic carbocycles. The molecule has 1 unspecified atom stereocenters. The molecule has 1 fully saturated rings. The summed E-state index contributed by atoms with van der Waals surface area (Å²) in [6.07, 6.45) is 3.87. The number of rotatable bonds is 4. The summed E-state index contributed by atoms with van der Waals surface area (Å²) in [5.41, 5.74) is 1.57. The predicted molar refractivity (Wildman–Crippen MR) is 82.2 cm³/mol. The summed E-state index contributed by atoms with van der Waals surface area (Å²) in [7, 11) is 1.67. The zero-order valence-electron chi connectivity index (χ0n) is 13.2. The van der Waals surface area contributed by atoms with Crippen molar-refractivity contribution >= 4 is 0 Å². The van der Waals surface area contributed by atoms with Gasteiger partial charge in [0.25, 0.3) is 0 Å². The molecule has 0 spiro atoms. The summed E-state index contributed by atoms with van der Waals surface area (Å²) in [5.74, 6) is 2.28. The molecular formula is C17H25NO3. The van der Waals surface area contributed by atoms with Crippen molar-refractivity contribution in [2.24, 2.45) is 5.41 Å². The van der Waals surface area contributed by atoms with Crippen molar-refractivity contribution in [2.45, 2.75) is 45.7 Å². The quantitative estimate of drug-likeness (QED) is 0.925. The third-order valence-corrected chi connectivity index (χ3v) is 4.70. The number of nitrogens with one attached hydrogen (secondary N) is 1. The molecule has 1 aromatic rings. The van der Waals surface area contributed by atoms with Gasteiger partial charge in [0, 0.05) is 12.6 Å². The molecule has 116 valence electrons. The summed E-state index contributed by atoms with van der Waals surface area (Å²) in [4.78, 5) is 0. The van der Waals surface area contributed by atoms with E-state index < -0.39 is 0 Å². The van der Waals surface area contributed by atoms with E-state index in [0.29, 0.717) is 24.7 Å². The highest BCUT2D eigenvalue weighted by atomic mass is 16.6. The number of hydrogen-bond acceptors (Lipinski definition) is 4. The average molecular weight is 291 g/mol. The van der Waals surface area contributed by atoms with Crippen LogP contribution >= 0.6 is 0 Å². The third-order valence-electron chi connectivity index (χ3n) is 4.70. The Morgan fingerprint density at radius 3 is 2.81 bits per heavy atom. The van der Waals surface area contributed by atoms with Gasteiger partial charge in [-0.2, -0.15) is 0 Å². The maximum atomic E-state index is 5.69. The molecule has 1 aromatic carbocycles. The summed E-state index contributed by atoms with van der Waals surface area (Å²) in [6.45, 7) is 6.71. The third kappa shape index (κ3) is 2.95. The molecule has 0 saturated heterocycles. The first-order valence-corrected chi connectivity index (χ1v) is 7.80. The van der Waals surface area contributed by atoms with Gasteiger partial charge in [0.2, 0.25) is 5.75 Å². The normalized spacial score (nSPS) is 23.1. The first kappa shape index (κ1) is 14.5. The Labute approximate surface area is 126 Å². The van der Waals surface area contributed by atoms with Crippen LogP contribution in [0.15, 0.2) is 12.1 Å². The van der Waals surface area contributed by atoms with Gasteiger partial charge >= 0.3 is 0 Å². The van der Waals surface area contributed by atoms with Crippen LogP contribution in [0.3, 0.4) is 0 Å². The van der Waals surface area contributed by atoms with Gasteiger partial charge in [-0.3, -0.25) is 0 Å². The molecule has 2 aliphatic rings. The summed E-state index contributed by atoms with van der Waals surface area (Å²) >= 11 is 0. The van der Waals surface area contributed by atoms with E-state index in [-0.39, 0.29) is 0 Å². The summed E-state index contributed by atoms with van der Waals surface area (Å²) < 4.78 is 16.8. The van der Waals surface area contributed by atoms with Crippen molar-refractivity contribution in [3.63, 3.8) is 0 Å². The highest BCUT2D eigenvalue weighted by Crippen LogP contribution is 2.41. The molecule has 3 rings (SSSR count). The van der Waals surface area contributed by atoms with Crippen LogP contribution in [0.5, 0.6) is 17.2 Å². The van der Waals surface area contributed by atoms with Crippen molar-refractivity contribution in [3.05, 3.63) is 17.7 Å². The Morgan fingerprint density at radius 1 is 1.29 bits per heavy atom. The largest absolute Gasteiger partial charge is 0.493 e. The lowest BCUT2D eigenvalue weighted by Crippen LogP contribution is -2.37. The second kappa shape index (κ2) is 5.76. The zero-order valence-corrected chi connectivity index (χ0v) is 13.2. The number of hydrogen-bond donors (Lipinski definition) is 1. The van der Waals surface area contributed by atoms with Crippen molar-refractivity contribution < 1.29 is 14.2 Å². The fourth-order valence-corrected chi connectivity index (χ4v) is 3.38. The maximum Gasteiger partial charge on any atom is 0.203 e. The van der Waals surface area contributed by atoms with Gasteiger partial charge in [-0.25, -0.2) is 0 Å². The standard InChI is InChI=1S/C17H25NO3/c1-17(2)6-4-5-15(17)18-11-12-9-13(19-3)16-14(10-12)20-7-8-21-16/h9-10,15,18H,4-8,11H2,1-3H3.